The Morgan fingerprint density at radius 2 is 1.62 bits per heavy atom. The summed E-state index contributed by atoms with van der Waals surface area (Å²) in [6.07, 6.45) is 6.16. The number of amides is 4. The van der Waals surface area contributed by atoms with Gasteiger partial charge >= 0.3 is 0 Å². The van der Waals surface area contributed by atoms with Crippen LogP contribution in [0.4, 0.5) is 11.5 Å². The second kappa shape index (κ2) is 15.8. The standard InChI is InChI=1S/C51H45ClN4O8S/c1-26-34-23-29(52)14-21-41(34)65-46(26)37-25-42(54(3)53-37)56-48(59)36-24-35-32(45(51(36,2)50(56)61)44-38(57)8-7-9-40(44)64-6)18-19-33-43(35)49(60)55(47(33)58)30-15-11-27(12-16-30)10-13-28-22-31(62-4)17-20-39(28)63-5/h7-18,20-23,25,33,35-36,43,45,57H,19,24H2,1-6H3. The number of thiophene rings is 1. The number of aromatic hydroxyl groups is 1. The predicted octanol–water partition coefficient (Wildman–Crippen LogP) is 9.60. The number of halogens is 1. The normalized spacial score (nSPS) is 23.9. The lowest BCUT2D eigenvalue weighted by atomic mass is 9.51. The molecule has 3 fully saturated rings. The van der Waals surface area contributed by atoms with Gasteiger partial charge in [0.05, 0.1) is 55.1 Å². The van der Waals surface area contributed by atoms with Crippen LogP contribution in [0.3, 0.4) is 0 Å². The van der Waals surface area contributed by atoms with Crippen molar-refractivity contribution in [1.82, 2.24) is 9.78 Å². The Kier molecular flexibility index (Phi) is 10.3. The van der Waals surface area contributed by atoms with Crippen LogP contribution in [-0.2, 0) is 26.2 Å². The first kappa shape index (κ1) is 42.3. The number of rotatable bonds is 9. The Hall–Kier alpha value is -6.70. The minimum Gasteiger partial charge on any atom is -0.508 e. The van der Waals surface area contributed by atoms with Crippen molar-refractivity contribution in [3.8, 4) is 33.6 Å². The number of allylic oxidation sites excluding steroid dienone is 2. The van der Waals surface area contributed by atoms with Gasteiger partial charge in [-0.3, -0.25) is 28.8 Å². The van der Waals surface area contributed by atoms with Crippen LogP contribution in [0.1, 0.15) is 47.9 Å². The number of anilines is 2. The van der Waals surface area contributed by atoms with Crippen molar-refractivity contribution in [2.45, 2.75) is 32.6 Å². The smallest absolute Gasteiger partial charge is 0.242 e. The lowest BCUT2D eigenvalue weighted by molar-refractivity contribution is -0.131. The Morgan fingerprint density at radius 3 is 2.35 bits per heavy atom. The van der Waals surface area contributed by atoms with E-state index in [9.17, 15) is 14.7 Å². The zero-order chi connectivity index (χ0) is 45.6. The monoisotopic (exact) mass is 908 g/mol. The van der Waals surface area contributed by atoms with Crippen LogP contribution < -0.4 is 24.0 Å². The van der Waals surface area contributed by atoms with Gasteiger partial charge in [0.25, 0.3) is 0 Å². The number of aromatic nitrogens is 2. The molecule has 14 heteroatoms. The molecule has 0 bridgehead atoms. The number of methoxy groups -OCH3 is 3. The number of aryl methyl sites for hydroxylation is 2. The summed E-state index contributed by atoms with van der Waals surface area (Å²) in [4.78, 5) is 63.1. The van der Waals surface area contributed by atoms with E-state index in [1.54, 1.807) is 74.5 Å². The molecule has 6 atom stereocenters. The van der Waals surface area contributed by atoms with E-state index in [0.29, 0.717) is 45.0 Å². The third-order valence-corrected chi connectivity index (χ3v) is 15.6. The molecule has 2 saturated heterocycles. The summed E-state index contributed by atoms with van der Waals surface area (Å²) in [6, 6.07) is 25.1. The van der Waals surface area contributed by atoms with Gasteiger partial charge in [0, 0.05) is 39.9 Å². The highest BCUT2D eigenvalue weighted by molar-refractivity contribution is 7.22. The molecule has 4 amide bonds. The fraction of sp³-hybridized carbons (Fsp3) is 0.275. The Labute approximate surface area is 384 Å². The summed E-state index contributed by atoms with van der Waals surface area (Å²) >= 11 is 7.91. The van der Waals surface area contributed by atoms with Crippen LogP contribution in [0, 0.1) is 36.0 Å². The first-order chi connectivity index (χ1) is 31.3. The highest BCUT2D eigenvalue weighted by Gasteiger charge is 2.68. The molecule has 10 rings (SSSR count). The van der Waals surface area contributed by atoms with Gasteiger partial charge in [-0.25, -0.2) is 4.90 Å². The third kappa shape index (κ3) is 6.41. The molecule has 2 aromatic heterocycles. The largest absolute Gasteiger partial charge is 0.508 e. The number of hydrogen-bond donors (Lipinski definition) is 1. The molecule has 6 aromatic rings. The van der Waals surface area contributed by atoms with Crippen molar-refractivity contribution in [1.29, 1.82) is 0 Å². The average Bonchev–Trinajstić information content (AvgIpc) is 3.98. The van der Waals surface area contributed by atoms with Crippen LogP contribution >= 0.6 is 22.9 Å². The van der Waals surface area contributed by atoms with E-state index in [2.05, 4.69) is 0 Å². The predicted molar refractivity (Wildman–Crippen MR) is 250 cm³/mol. The maximum Gasteiger partial charge on any atom is 0.242 e. The molecule has 4 heterocycles. The molecule has 2 aliphatic carbocycles. The summed E-state index contributed by atoms with van der Waals surface area (Å²) in [6.45, 7) is 3.78. The van der Waals surface area contributed by atoms with Gasteiger partial charge < -0.3 is 19.3 Å². The highest BCUT2D eigenvalue weighted by atomic mass is 35.5. The highest BCUT2D eigenvalue weighted by Crippen LogP contribution is 2.65. The van der Waals surface area contributed by atoms with Crippen LogP contribution in [0.2, 0.25) is 5.02 Å². The van der Waals surface area contributed by atoms with Gasteiger partial charge in [-0.1, -0.05) is 53.6 Å². The van der Waals surface area contributed by atoms with Gasteiger partial charge in [-0.15, -0.1) is 11.3 Å². The summed E-state index contributed by atoms with van der Waals surface area (Å²) in [7, 11) is 6.40. The van der Waals surface area contributed by atoms with Crippen molar-refractivity contribution in [3.63, 3.8) is 0 Å². The second-order valence-electron chi connectivity index (χ2n) is 17.3. The minimum absolute atomic E-state index is 0.103. The average molecular weight is 909 g/mol. The van der Waals surface area contributed by atoms with Crippen LogP contribution in [0.5, 0.6) is 23.0 Å². The maximum absolute atomic E-state index is 15.3. The van der Waals surface area contributed by atoms with Gasteiger partial charge in [-0.05, 0) is 110 Å². The number of carbonyl (C=O) groups excluding carboxylic acids is 4. The number of hydrogen-bond acceptors (Lipinski definition) is 10. The van der Waals surface area contributed by atoms with E-state index in [4.69, 9.17) is 30.9 Å². The second-order valence-corrected chi connectivity index (χ2v) is 18.8. The molecule has 4 aliphatic rings. The number of nitrogens with zero attached hydrogens (tertiary/aromatic N) is 4. The number of carbonyl (C=O) groups is 4. The van der Waals surface area contributed by atoms with Crippen LogP contribution in [0.15, 0.2) is 96.6 Å². The first-order valence-electron chi connectivity index (χ1n) is 21.3. The summed E-state index contributed by atoms with van der Waals surface area (Å²) in [5.74, 6) is -3.56. The molecule has 1 saturated carbocycles. The van der Waals surface area contributed by atoms with E-state index < -0.39 is 46.8 Å². The quantitative estimate of drug-likeness (QED) is 0.0853. The zero-order valence-corrected chi connectivity index (χ0v) is 38.1. The number of phenolic OH excluding ortho intramolecular Hbond substituents is 1. The van der Waals surface area contributed by atoms with Crippen molar-refractivity contribution in [2.24, 2.45) is 36.1 Å². The molecular weight excluding hydrogens is 864 g/mol. The molecule has 330 valence electrons. The van der Waals surface area contributed by atoms with Crippen LogP contribution in [-0.4, -0.2) is 59.8 Å². The fourth-order valence-corrected chi connectivity index (χ4v) is 12.2. The van der Waals surface area contributed by atoms with Crippen molar-refractivity contribution in [2.75, 3.05) is 31.1 Å². The molecule has 6 unspecified atom stereocenters. The van der Waals surface area contributed by atoms with Crippen molar-refractivity contribution < 1.29 is 38.5 Å². The van der Waals surface area contributed by atoms with Gasteiger partial charge in [0.1, 0.15) is 34.5 Å². The molecule has 65 heavy (non-hydrogen) atoms. The Bertz CT molecular complexity index is 3060. The van der Waals surface area contributed by atoms with Crippen LogP contribution in [0.25, 0.3) is 32.8 Å². The topological polar surface area (TPSA) is 140 Å². The number of benzene rings is 4. The lowest BCUT2D eigenvalue weighted by Crippen LogP contribution is -2.49. The van der Waals surface area contributed by atoms with Crippen molar-refractivity contribution >= 4 is 80.3 Å². The van der Waals surface area contributed by atoms with E-state index in [1.807, 2.05) is 73.7 Å². The van der Waals surface area contributed by atoms with Gasteiger partial charge in [0.2, 0.25) is 23.6 Å². The number of phenols is 1. The molecule has 1 N–H and O–H groups in total. The number of imide groups is 2. The molecule has 2 aliphatic heterocycles. The molecule has 4 aromatic carbocycles. The van der Waals surface area contributed by atoms with E-state index >= 15 is 9.59 Å². The third-order valence-electron chi connectivity index (χ3n) is 14.1. The lowest BCUT2D eigenvalue weighted by Gasteiger charge is -2.49. The number of fused-ring (bicyclic) bond motifs is 5. The maximum atomic E-state index is 15.3. The van der Waals surface area contributed by atoms with E-state index in [0.717, 1.165) is 37.2 Å². The van der Waals surface area contributed by atoms with E-state index in [-0.39, 0.29) is 30.4 Å². The minimum atomic E-state index is -1.42. The Balaban J connectivity index is 1.01. The number of ether oxygens (including phenoxy) is 3. The van der Waals surface area contributed by atoms with E-state index in [1.165, 1.54) is 23.0 Å². The molecular formula is C51H45ClN4O8S. The molecule has 12 nitrogen and oxygen atoms in total. The Morgan fingerprint density at radius 1 is 0.846 bits per heavy atom. The molecule has 0 spiro atoms. The summed E-state index contributed by atoms with van der Waals surface area (Å²) in [5.41, 5.74) is 3.35. The van der Waals surface area contributed by atoms with Gasteiger partial charge in [-0.2, -0.15) is 5.10 Å². The zero-order valence-electron chi connectivity index (χ0n) is 36.5. The first-order valence-corrected chi connectivity index (χ1v) is 22.5. The molecule has 0 radical (unpaired) electrons. The fourth-order valence-electron chi connectivity index (χ4n) is 10.9. The SMILES string of the molecule is COc1ccc(OC)c(C=Cc2ccc(N3C(=O)C4CC=C5C(CC6C(=O)N(c7cc(-c8sc9ccc(Cl)cc9c8C)nn7C)C(=O)C6(C)C5c5c(O)cccc5OC)C4C3=O)cc2)c1. The summed E-state index contributed by atoms with van der Waals surface area (Å²) < 4.78 is 19.3. The van der Waals surface area contributed by atoms with Gasteiger partial charge in [0.15, 0.2) is 0 Å². The summed E-state index contributed by atoms with van der Waals surface area (Å²) in [5, 5.41) is 18.1. The van der Waals surface area contributed by atoms with Crippen molar-refractivity contribution in [3.05, 3.63) is 124 Å².